The Labute approximate surface area is 91.3 Å². The first-order valence-electron chi connectivity index (χ1n) is 5.66. The van der Waals surface area contributed by atoms with Crippen LogP contribution in [0.15, 0.2) is 18.3 Å². The summed E-state index contributed by atoms with van der Waals surface area (Å²) < 4.78 is 0. The van der Waals surface area contributed by atoms with E-state index in [0.29, 0.717) is 0 Å². The number of likely N-dealkylation sites (N-methyl/N-ethyl adjacent to an activating group) is 1. The highest BCUT2D eigenvalue weighted by atomic mass is 15.1. The Bertz CT molecular complexity index is 303. The van der Waals surface area contributed by atoms with Gasteiger partial charge >= 0.3 is 0 Å². The largest absolute Gasteiger partial charge is 0.397 e. The predicted octanol–water partition coefficient (Wildman–Crippen LogP) is 1.69. The summed E-state index contributed by atoms with van der Waals surface area (Å²) in [6.45, 7) is 1.10. The Morgan fingerprint density at radius 3 is 2.80 bits per heavy atom. The Morgan fingerprint density at radius 1 is 1.47 bits per heavy atom. The minimum Gasteiger partial charge on any atom is -0.397 e. The third-order valence-electron chi connectivity index (χ3n) is 3.27. The minimum atomic E-state index is 0.742. The first kappa shape index (κ1) is 10.4. The fraction of sp³-hybridized carbons (Fsp3) is 0.583. The Balaban J connectivity index is 1.79. The summed E-state index contributed by atoms with van der Waals surface area (Å²) in [4.78, 5) is 6.75. The molecule has 0 spiro atoms. The van der Waals surface area contributed by atoms with E-state index in [9.17, 15) is 0 Å². The van der Waals surface area contributed by atoms with Crippen LogP contribution in [0.5, 0.6) is 0 Å². The summed E-state index contributed by atoms with van der Waals surface area (Å²) in [5.74, 6) is 0. The quantitative estimate of drug-likeness (QED) is 0.813. The van der Waals surface area contributed by atoms with Gasteiger partial charge in [0.1, 0.15) is 0 Å². The molecule has 0 atom stereocenters. The van der Waals surface area contributed by atoms with E-state index < -0.39 is 0 Å². The highest BCUT2D eigenvalue weighted by Crippen LogP contribution is 2.23. The van der Waals surface area contributed by atoms with E-state index in [0.717, 1.165) is 30.4 Å². The molecular weight excluding hydrogens is 186 g/mol. The zero-order chi connectivity index (χ0) is 10.7. The smallest absolute Gasteiger partial charge is 0.0501 e. The van der Waals surface area contributed by atoms with Crippen LogP contribution in [-0.4, -0.2) is 29.5 Å². The second-order valence-electron chi connectivity index (χ2n) is 4.40. The minimum absolute atomic E-state index is 0.742. The van der Waals surface area contributed by atoms with E-state index in [1.165, 1.54) is 19.3 Å². The molecule has 1 aromatic heterocycles. The second kappa shape index (κ2) is 4.62. The third kappa shape index (κ3) is 2.69. The monoisotopic (exact) mass is 205 g/mol. The van der Waals surface area contributed by atoms with Gasteiger partial charge < -0.3 is 10.6 Å². The van der Waals surface area contributed by atoms with Crippen LogP contribution in [0.2, 0.25) is 0 Å². The van der Waals surface area contributed by atoms with Crippen LogP contribution in [0.1, 0.15) is 25.0 Å². The molecule has 0 amide bonds. The van der Waals surface area contributed by atoms with Gasteiger partial charge in [-0.05, 0) is 32.0 Å². The van der Waals surface area contributed by atoms with Gasteiger partial charge in [0.05, 0.1) is 11.9 Å². The molecule has 0 aliphatic heterocycles. The lowest BCUT2D eigenvalue weighted by Gasteiger charge is -2.34. The van der Waals surface area contributed by atoms with E-state index in [2.05, 4.69) is 16.9 Å². The number of rotatable bonds is 4. The third-order valence-corrected chi connectivity index (χ3v) is 3.27. The molecule has 1 aliphatic carbocycles. The zero-order valence-corrected chi connectivity index (χ0v) is 9.32. The molecule has 0 radical (unpaired) electrons. The van der Waals surface area contributed by atoms with Gasteiger partial charge in [0, 0.05) is 24.7 Å². The lowest BCUT2D eigenvalue weighted by atomic mass is 9.92. The predicted molar refractivity (Wildman–Crippen MR) is 62.6 cm³/mol. The van der Waals surface area contributed by atoms with Crippen molar-refractivity contribution in [2.24, 2.45) is 0 Å². The molecule has 1 fully saturated rings. The van der Waals surface area contributed by atoms with E-state index in [4.69, 9.17) is 5.73 Å². The molecule has 0 unspecified atom stereocenters. The van der Waals surface area contributed by atoms with Crippen LogP contribution in [0.25, 0.3) is 0 Å². The van der Waals surface area contributed by atoms with Gasteiger partial charge in [-0.1, -0.05) is 6.42 Å². The molecule has 1 heterocycles. The van der Waals surface area contributed by atoms with Gasteiger partial charge in [-0.25, -0.2) is 0 Å². The Hall–Kier alpha value is -1.09. The van der Waals surface area contributed by atoms with Gasteiger partial charge in [-0.2, -0.15) is 0 Å². The second-order valence-corrected chi connectivity index (χ2v) is 4.40. The highest BCUT2D eigenvalue weighted by Gasteiger charge is 2.21. The normalized spacial score (nSPS) is 16.7. The molecule has 0 aromatic carbocycles. The number of nitrogens with two attached hydrogens (primary N) is 1. The van der Waals surface area contributed by atoms with Crippen LogP contribution in [-0.2, 0) is 6.42 Å². The zero-order valence-electron chi connectivity index (χ0n) is 9.32. The summed E-state index contributed by atoms with van der Waals surface area (Å²) >= 11 is 0. The molecule has 15 heavy (non-hydrogen) atoms. The van der Waals surface area contributed by atoms with Gasteiger partial charge in [-0.3, -0.25) is 4.98 Å². The first-order valence-corrected chi connectivity index (χ1v) is 5.66. The maximum atomic E-state index is 5.59. The molecule has 1 aliphatic rings. The molecule has 0 saturated heterocycles. The van der Waals surface area contributed by atoms with E-state index in [-0.39, 0.29) is 0 Å². The molecule has 82 valence electrons. The van der Waals surface area contributed by atoms with Crippen LogP contribution in [0, 0.1) is 0 Å². The molecule has 1 aromatic rings. The fourth-order valence-electron chi connectivity index (χ4n) is 1.88. The number of nitrogen functional groups attached to an aromatic ring is 1. The molecule has 3 heteroatoms. The van der Waals surface area contributed by atoms with Crippen LogP contribution >= 0.6 is 0 Å². The fourth-order valence-corrected chi connectivity index (χ4v) is 1.88. The maximum Gasteiger partial charge on any atom is 0.0501 e. The van der Waals surface area contributed by atoms with Crippen LogP contribution in [0.4, 0.5) is 5.69 Å². The van der Waals surface area contributed by atoms with Gasteiger partial charge in [0.15, 0.2) is 0 Å². The number of nitrogens with zero attached hydrogens (tertiary/aromatic N) is 2. The van der Waals surface area contributed by atoms with Crippen molar-refractivity contribution in [3.63, 3.8) is 0 Å². The summed E-state index contributed by atoms with van der Waals surface area (Å²) in [7, 11) is 2.21. The van der Waals surface area contributed by atoms with Crippen molar-refractivity contribution in [3.05, 3.63) is 24.0 Å². The maximum absolute atomic E-state index is 5.59. The van der Waals surface area contributed by atoms with Crippen molar-refractivity contribution in [3.8, 4) is 0 Å². The molecule has 0 bridgehead atoms. The van der Waals surface area contributed by atoms with Gasteiger partial charge in [-0.15, -0.1) is 0 Å². The van der Waals surface area contributed by atoms with Gasteiger partial charge in [0.2, 0.25) is 0 Å². The van der Waals surface area contributed by atoms with E-state index >= 15 is 0 Å². The average Bonchev–Trinajstić information content (AvgIpc) is 2.14. The van der Waals surface area contributed by atoms with Crippen molar-refractivity contribution in [1.29, 1.82) is 0 Å². The first-order chi connectivity index (χ1) is 7.25. The average molecular weight is 205 g/mol. The number of anilines is 1. The highest BCUT2D eigenvalue weighted by molar-refractivity contribution is 5.34. The van der Waals surface area contributed by atoms with Crippen molar-refractivity contribution in [1.82, 2.24) is 9.88 Å². The Kier molecular flexibility index (Phi) is 3.21. The number of hydrogen-bond acceptors (Lipinski definition) is 3. The SMILES string of the molecule is CN(CCc1ccc(N)cn1)C1CCC1. The lowest BCUT2D eigenvalue weighted by molar-refractivity contribution is 0.161. The molecule has 2 rings (SSSR count). The summed E-state index contributed by atoms with van der Waals surface area (Å²) in [5, 5.41) is 0. The Morgan fingerprint density at radius 2 is 2.27 bits per heavy atom. The van der Waals surface area contributed by atoms with Crippen LogP contribution in [0.3, 0.4) is 0 Å². The molecular formula is C12H19N3. The van der Waals surface area contributed by atoms with E-state index in [1.54, 1.807) is 6.20 Å². The van der Waals surface area contributed by atoms with Crippen molar-refractivity contribution < 1.29 is 0 Å². The number of hydrogen-bond donors (Lipinski definition) is 1. The van der Waals surface area contributed by atoms with Crippen molar-refractivity contribution >= 4 is 5.69 Å². The van der Waals surface area contributed by atoms with Crippen LogP contribution < -0.4 is 5.73 Å². The number of aromatic nitrogens is 1. The lowest BCUT2D eigenvalue weighted by Crippen LogP contribution is -2.38. The molecule has 2 N–H and O–H groups in total. The van der Waals surface area contributed by atoms with Crippen molar-refractivity contribution in [2.75, 3.05) is 19.3 Å². The molecule has 1 saturated carbocycles. The number of pyridine rings is 1. The summed E-state index contributed by atoms with van der Waals surface area (Å²) in [5.41, 5.74) is 7.46. The van der Waals surface area contributed by atoms with E-state index in [1.807, 2.05) is 12.1 Å². The van der Waals surface area contributed by atoms with Gasteiger partial charge in [0.25, 0.3) is 0 Å². The standard InChI is InChI=1S/C12H19N3/c1-15(12-3-2-4-12)8-7-11-6-5-10(13)9-14-11/h5-6,9,12H,2-4,7-8,13H2,1H3. The summed E-state index contributed by atoms with van der Waals surface area (Å²) in [6, 6.07) is 4.76. The summed E-state index contributed by atoms with van der Waals surface area (Å²) in [6.07, 6.45) is 6.89. The molecule has 3 nitrogen and oxygen atoms in total. The van der Waals surface area contributed by atoms with Crippen molar-refractivity contribution in [2.45, 2.75) is 31.7 Å². The topological polar surface area (TPSA) is 42.1 Å².